The van der Waals surface area contributed by atoms with Crippen LogP contribution in [0.15, 0.2) is 24.3 Å². The third-order valence-electron chi connectivity index (χ3n) is 3.03. The molecule has 1 amide bonds. The van der Waals surface area contributed by atoms with E-state index in [4.69, 9.17) is 0 Å². The number of ether oxygens (including phenoxy) is 1. The van der Waals surface area contributed by atoms with Crippen molar-refractivity contribution >= 4 is 17.6 Å². The van der Waals surface area contributed by atoms with Crippen LogP contribution in [0.4, 0.5) is 5.69 Å². The van der Waals surface area contributed by atoms with Crippen molar-refractivity contribution < 1.29 is 19.2 Å². The van der Waals surface area contributed by atoms with Crippen molar-refractivity contribution in [2.75, 3.05) is 20.7 Å². The number of hydrogen-bond donors (Lipinski definition) is 0. The molecule has 0 aliphatic heterocycles. The van der Waals surface area contributed by atoms with Crippen molar-refractivity contribution in [2.24, 2.45) is 0 Å². The fraction of sp³-hybridized carbons (Fsp3) is 0.429. The summed E-state index contributed by atoms with van der Waals surface area (Å²) in [6.07, 6.45) is 0.980. The first kappa shape index (κ1) is 16.6. The number of nitro benzene ring substituents is 1. The molecule has 1 aromatic carbocycles. The van der Waals surface area contributed by atoms with E-state index in [1.54, 1.807) is 19.2 Å². The van der Waals surface area contributed by atoms with Gasteiger partial charge in [-0.3, -0.25) is 19.7 Å². The highest BCUT2D eigenvalue weighted by atomic mass is 16.6. The molecule has 114 valence electrons. The monoisotopic (exact) mass is 294 g/mol. The van der Waals surface area contributed by atoms with Crippen molar-refractivity contribution in [3.63, 3.8) is 0 Å². The summed E-state index contributed by atoms with van der Waals surface area (Å²) >= 11 is 0. The molecule has 0 fully saturated rings. The van der Waals surface area contributed by atoms with Crippen LogP contribution in [0.2, 0.25) is 0 Å². The Morgan fingerprint density at radius 1 is 1.29 bits per heavy atom. The normalized spacial score (nSPS) is 10.0. The van der Waals surface area contributed by atoms with E-state index in [1.807, 2.05) is 0 Å². The number of carbonyl (C=O) groups is 2. The number of nitro groups is 1. The van der Waals surface area contributed by atoms with Crippen molar-refractivity contribution in [3.05, 3.63) is 39.9 Å². The number of amides is 1. The predicted octanol–water partition coefficient (Wildman–Crippen LogP) is 1.55. The third kappa shape index (κ3) is 5.60. The molecule has 0 unspecified atom stereocenters. The average molecular weight is 294 g/mol. The van der Waals surface area contributed by atoms with Gasteiger partial charge in [-0.05, 0) is 12.0 Å². The molecule has 0 heterocycles. The quantitative estimate of drug-likeness (QED) is 0.432. The first-order valence-electron chi connectivity index (χ1n) is 6.48. The molecule has 0 bridgehead atoms. The second-order valence-corrected chi connectivity index (χ2v) is 4.60. The molecule has 1 rings (SSSR count). The highest BCUT2D eigenvalue weighted by Crippen LogP contribution is 2.12. The minimum absolute atomic E-state index is 0.00219. The average Bonchev–Trinajstić information content (AvgIpc) is 2.47. The van der Waals surface area contributed by atoms with Crippen LogP contribution >= 0.6 is 0 Å². The Bertz CT molecular complexity index is 513. The van der Waals surface area contributed by atoms with Gasteiger partial charge in [0.2, 0.25) is 5.91 Å². The number of carbonyl (C=O) groups excluding carboxylic acids is 2. The zero-order chi connectivity index (χ0) is 15.8. The van der Waals surface area contributed by atoms with Crippen molar-refractivity contribution in [1.29, 1.82) is 0 Å². The summed E-state index contributed by atoms with van der Waals surface area (Å²) in [7, 11) is 2.98. The van der Waals surface area contributed by atoms with Gasteiger partial charge in [0.15, 0.2) is 0 Å². The fourth-order valence-electron chi connectivity index (χ4n) is 1.73. The molecular weight excluding hydrogens is 276 g/mol. The van der Waals surface area contributed by atoms with Crippen LogP contribution in [0, 0.1) is 10.1 Å². The maximum absolute atomic E-state index is 12.0. The lowest BCUT2D eigenvalue weighted by Crippen LogP contribution is -2.29. The number of benzene rings is 1. The lowest BCUT2D eigenvalue weighted by molar-refractivity contribution is -0.384. The molecule has 0 aliphatic carbocycles. The summed E-state index contributed by atoms with van der Waals surface area (Å²) in [6, 6.07) is 5.89. The number of hydrogen-bond acceptors (Lipinski definition) is 5. The Kier molecular flexibility index (Phi) is 6.32. The number of non-ortho nitro benzene ring substituents is 1. The summed E-state index contributed by atoms with van der Waals surface area (Å²) in [6.45, 7) is 0.459. The number of likely N-dealkylation sites (N-methyl/N-ethyl adjacent to an activating group) is 1. The van der Waals surface area contributed by atoms with E-state index in [0.717, 1.165) is 0 Å². The molecule has 0 aliphatic rings. The Morgan fingerprint density at radius 2 is 1.90 bits per heavy atom. The van der Waals surface area contributed by atoms with Crippen LogP contribution in [0.5, 0.6) is 0 Å². The molecule has 0 spiro atoms. The van der Waals surface area contributed by atoms with Gasteiger partial charge in [-0.1, -0.05) is 12.1 Å². The van der Waals surface area contributed by atoms with Gasteiger partial charge in [-0.25, -0.2) is 0 Å². The van der Waals surface area contributed by atoms with Crippen LogP contribution in [-0.4, -0.2) is 42.4 Å². The zero-order valence-corrected chi connectivity index (χ0v) is 12.1. The topological polar surface area (TPSA) is 89.8 Å². The second-order valence-electron chi connectivity index (χ2n) is 4.60. The van der Waals surface area contributed by atoms with Gasteiger partial charge < -0.3 is 9.64 Å². The summed E-state index contributed by atoms with van der Waals surface area (Å²) in [4.78, 5) is 34.5. The number of rotatable bonds is 7. The van der Waals surface area contributed by atoms with E-state index in [2.05, 4.69) is 4.74 Å². The van der Waals surface area contributed by atoms with Crippen LogP contribution in [0.1, 0.15) is 18.4 Å². The van der Waals surface area contributed by atoms with E-state index in [0.29, 0.717) is 18.5 Å². The number of methoxy groups -OCH3 is 1. The molecular formula is C14H18N2O5. The van der Waals surface area contributed by atoms with Crippen molar-refractivity contribution in [2.45, 2.75) is 19.3 Å². The molecule has 0 saturated heterocycles. The maximum atomic E-state index is 12.0. The van der Waals surface area contributed by atoms with E-state index >= 15 is 0 Å². The standard InChI is InChI=1S/C14H18N2O5/c1-15(9-3-4-14(18)21-2)13(17)10-11-5-7-12(8-6-11)16(19)20/h5-8H,3-4,9-10H2,1-2H3. The van der Waals surface area contributed by atoms with Crippen LogP contribution in [-0.2, 0) is 20.7 Å². The highest BCUT2D eigenvalue weighted by molar-refractivity contribution is 5.78. The number of esters is 1. The molecule has 21 heavy (non-hydrogen) atoms. The number of nitrogens with zero attached hydrogens (tertiary/aromatic N) is 2. The van der Waals surface area contributed by atoms with Crippen molar-refractivity contribution in [3.8, 4) is 0 Å². The lowest BCUT2D eigenvalue weighted by atomic mass is 10.1. The third-order valence-corrected chi connectivity index (χ3v) is 3.03. The summed E-state index contributed by atoms with van der Waals surface area (Å²) in [5.41, 5.74) is 0.711. The van der Waals surface area contributed by atoms with Crippen molar-refractivity contribution in [1.82, 2.24) is 4.90 Å². The first-order chi connectivity index (χ1) is 9.93. The first-order valence-corrected chi connectivity index (χ1v) is 6.48. The summed E-state index contributed by atoms with van der Waals surface area (Å²) < 4.78 is 4.52. The Labute approximate surface area is 122 Å². The Hall–Kier alpha value is -2.44. The molecule has 0 saturated carbocycles. The fourth-order valence-corrected chi connectivity index (χ4v) is 1.73. The predicted molar refractivity (Wildman–Crippen MR) is 75.7 cm³/mol. The summed E-state index contributed by atoms with van der Waals surface area (Å²) in [5.74, 6) is -0.403. The molecule has 7 nitrogen and oxygen atoms in total. The maximum Gasteiger partial charge on any atom is 0.305 e. The summed E-state index contributed by atoms with van der Waals surface area (Å²) in [5, 5.41) is 10.5. The minimum atomic E-state index is -0.482. The molecule has 0 atom stereocenters. The molecule has 0 N–H and O–H groups in total. The van der Waals surface area contributed by atoms with Crippen LogP contribution in [0.3, 0.4) is 0 Å². The van der Waals surface area contributed by atoms with Crippen LogP contribution in [0.25, 0.3) is 0 Å². The van der Waals surface area contributed by atoms with E-state index in [1.165, 1.54) is 24.1 Å². The van der Waals surface area contributed by atoms with E-state index < -0.39 is 4.92 Å². The second kappa shape index (κ2) is 7.98. The highest BCUT2D eigenvalue weighted by Gasteiger charge is 2.11. The SMILES string of the molecule is COC(=O)CCCN(C)C(=O)Cc1ccc([N+](=O)[O-])cc1. The minimum Gasteiger partial charge on any atom is -0.469 e. The molecule has 7 heteroatoms. The molecule has 0 radical (unpaired) electrons. The van der Waals surface area contributed by atoms with Gasteiger partial charge in [-0.15, -0.1) is 0 Å². The van der Waals surface area contributed by atoms with Gasteiger partial charge in [0.05, 0.1) is 18.5 Å². The van der Waals surface area contributed by atoms with Gasteiger partial charge in [-0.2, -0.15) is 0 Å². The van der Waals surface area contributed by atoms with Gasteiger partial charge in [0, 0.05) is 32.1 Å². The van der Waals surface area contributed by atoms with E-state index in [-0.39, 0.29) is 30.4 Å². The lowest BCUT2D eigenvalue weighted by Gasteiger charge is -2.16. The van der Waals surface area contributed by atoms with Gasteiger partial charge in [0.25, 0.3) is 5.69 Å². The Balaban J connectivity index is 2.44. The van der Waals surface area contributed by atoms with Gasteiger partial charge in [0.1, 0.15) is 0 Å². The van der Waals surface area contributed by atoms with E-state index in [9.17, 15) is 19.7 Å². The Morgan fingerprint density at radius 3 is 2.43 bits per heavy atom. The molecule has 1 aromatic rings. The van der Waals surface area contributed by atoms with Crippen LogP contribution < -0.4 is 0 Å². The van der Waals surface area contributed by atoms with Gasteiger partial charge >= 0.3 is 5.97 Å². The smallest absolute Gasteiger partial charge is 0.305 e. The zero-order valence-electron chi connectivity index (χ0n) is 12.1. The molecule has 0 aromatic heterocycles. The largest absolute Gasteiger partial charge is 0.469 e.